The first-order valence-corrected chi connectivity index (χ1v) is 7.55. The first-order chi connectivity index (χ1) is 10.2. The Balaban J connectivity index is 3.53. The summed E-state index contributed by atoms with van der Waals surface area (Å²) < 4.78 is 0. The molecule has 0 spiro atoms. The summed E-state index contributed by atoms with van der Waals surface area (Å²) in [4.78, 5) is 21.6. The second-order valence-electron chi connectivity index (χ2n) is 4.71. The molecular weight excluding hydrogens is 264 g/mol. The van der Waals surface area contributed by atoms with Crippen LogP contribution in [0.2, 0.25) is 0 Å². The number of carbonyl (C=O) groups excluding carboxylic acids is 1. The van der Waals surface area contributed by atoms with Crippen LogP contribution in [0.4, 0.5) is 0 Å². The van der Waals surface area contributed by atoms with Gasteiger partial charge < -0.3 is 5.11 Å². The summed E-state index contributed by atoms with van der Waals surface area (Å²) in [6.45, 7) is 2.10. The number of unbranched alkanes of at least 4 members (excludes halogenated alkanes) is 2. The van der Waals surface area contributed by atoms with Gasteiger partial charge in [0.1, 0.15) is 5.78 Å². The molecule has 1 N–H and O–H groups in total. The number of allylic oxidation sites excluding steroid dienone is 8. The van der Waals surface area contributed by atoms with Gasteiger partial charge in [-0.2, -0.15) is 0 Å². The SMILES string of the molecule is CC\C=C/C=C/C=C/C=C\CCCCC(=O)CCC(=O)O. The molecule has 0 aliphatic carbocycles. The molecule has 0 rings (SSSR count). The third kappa shape index (κ3) is 16.0. The second-order valence-corrected chi connectivity index (χ2v) is 4.71. The maximum atomic E-state index is 11.3. The van der Waals surface area contributed by atoms with Gasteiger partial charge in [-0.25, -0.2) is 0 Å². The topological polar surface area (TPSA) is 54.4 Å². The average Bonchev–Trinajstić information content (AvgIpc) is 2.46. The van der Waals surface area contributed by atoms with Crippen LogP contribution in [0.15, 0.2) is 48.6 Å². The van der Waals surface area contributed by atoms with Crippen molar-refractivity contribution in [3.8, 4) is 0 Å². The van der Waals surface area contributed by atoms with E-state index in [1.807, 2.05) is 36.5 Å². The molecule has 0 saturated heterocycles. The largest absolute Gasteiger partial charge is 0.481 e. The standard InChI is InChI=1S/C18H26O3/c1-2-3-4-5-6-7-8-9-10-11-12-13-14-17(19)15-16-18(20)21/h3-10H,2,11-16H2,1H3,(H,20,21)/b4-3-,6-5+,8-7+,10-9-. The first kappa shape index (κ1) is 19.1. The highest BCUT2D eigenvalue weighted by Crippen LogP contribution is 2.04. The highest BCUT2D eigenvalue weighted by atomic mass is 16.4. The lowest BCUT2D eigenvalue weighted by Gasteiger charge is -1.97. The van der Waals surface area contributed by atoms with Crippen molar-refractivity contribution in [2.45, 2.75) is 51.9 Å². The zero-order chi connectivity index (χ0) is 15.8. The number of hydrogen-bond acceptors (Lipinski definition) is 2. The predicted molar refractivity (Wildman–Crippen MR) is 87.2 cm³/mol. The van der Waals surface area contributed by atoms with E-state index in [4.69, 9.17) is 5.11 Å². The van der Waals surface area contributed by atoms with E-state index in [0.29, 0.717) is 6.42 Å². The van der Waals surface area contributed by atoms with Crippen molar-refractivity contribution < 1.29 is 14.7 Å². The molecule has 0 radical (unpaired) electrons. The Labute approximate surface area is 127 Å². The van der Waals surface area contributed by atoms with Gasteiger partial charge in [-0.1, -0.05) is 55.5 Å². The number of rotatable bonds is 12. The lowest BCUT2D eigenvalue weighted by molar-refractivity contribution is -0.138. The number of ketones is 1. The molecule has 0 aliphatic rings. The van der Waals surface area contributed by atoms with Gasteiger partial charge in [-0.05, 0) is 25.7 Å². The van der Waals surface area contributed by atoms with Crippen LogP contribution in [0.5, 0.6) is 0 Å². The lowest BCUT2D eigenvalue weighted by Crippen LogP contribution is -2.02. The number of hydrogen-bond donors (Lipinski definition) is 1. The van der Waals surface area contributed by atoms with Crippen molar-refractivity contribution in [2.24, 2.45) is 0 Å². The third-order valence-corrected chi connectivity index (χ3v) is 2.76. The Morgan fingerprint density at radius 3 is 2.05 bits per heavy atom. The maximum absolute atomic E-state index is 11.3. The van der Waals surface area contributed by atoms with Gasteiger partial charge >= 0.3 is 5.97 Å². The zero-order valence-corrected chi connectivity index (χ0v) is 12.8. The van der Waals surface area contributed by atoms with Gasteiger partial charge in [0, 0.05) is 12.8 Å². The number of carboxylic acid groups (broad SMARTS) is 1. The van der Waals surface area contributed by atoms with Crippen molar-refractivity contribution in [2.75, 3.05) is 0 Å². The van der Waals surface area contributed by atoms with E-state index in [9.17, 15) is 9.59 Å². The summed E-state index contributed by atoms with van der Waals surface area (Å²) in [6.07, 6.45) is 20.5. The zero-order valence-electron chi connectivity index (χ0n) is 12.8. The van der Waals surface area contributed by atoms with Crippen molar-refractivity contribution >= 4 is 11.8 Å². The van der Waals surface area contributed by atoms with E-state index in [2.05, 4.69) is 19.1 Å². The van der Waals surface area contributed by atoms with Gasteiger partial charge in [0.15, 0.2) is 0 Å². The smallest absolute Gasteiger partial charge is 0.303 e. The fraction of sp³-hybridized carbons (Fsp3) is 0.444. The predicted octanol–water partition coefficient (Wildman–Crippen LogP) is 4.62. The molecule has 21 heavy (non-hydrogen) atoms. The minimum Gasteiger partial charge on any atom is -0.481 e. The molecule has 116 valence electrons. The molecule has 0 amide bonds. The molecule has 0 aromatic heterocycles. The summed E-state index contributed by atoms with van der Waals surface area (Å²) in [5.74, 6) is -0.858. The summed E-state index contributed by atoms with van der Waals surface area (Å²) >= 11 is 0. The number of carbonyl (C=O) groups is 2. The maximum Gasteiger partial charge on any atom is 0.303 e. The minimum atomic E-state index is -0.905. The summed E-state index contributed by atoms with van der Waals surface area (Å²) in [5, 5.41) is 8.46. The van der Waals surface area contributed by atoms with Crippen LogP contribution < -0.4 is 0 Å². The number of carboxylic acids is 1. The fourth-order valence-corrected chi connectivity index (χ4v) is 1.60. The normalized spacial score (nSPS) is 12.2. The highest BCUT2D eigenvalue weighted by Gasteiger charge is 2.04. The third-order valence-electron chi connectivity index (χ3n) is 2.76. The van der Waals surface area contributed by atoms with Gasteiger partial charge in [-0.15, -0.1) is 0 Å². The summed E-state index contributed by atoms with van der Waals surface area (Å²) in [5.41, 5.74) is 0. The Bertz CT molecular complexity index is 401. The Hall–Kier alpha value is -1.90. The second kappa shape index (κ2) is 14.5. The van der Waals surface area contributed by atoms with Crippen LogP contribution in [0.1, 0.15) is 51.9 Å². The van der Waals surface area contributed by atoms with Crippen LogP contribution >= 0.6 is 0 Å². The molecule has 3 heteroatoms. The molecule has 0 saturated carbocycles. The van der Waals surface area contributed by atoms with Gasteiger partial charge in [0.05, 0.1) is 6.42 Å². The molecule has 0 unspecified atom stereocenters. The van der Waals surface area contributed by atoms with Crippen LogP contribution in [0.3, 0.4) is 0 Å². The van der Waals surface area contributed by atoms with E-state index < -0.39 is 5.97 Å². The van der Waals surface area contributed by atoms with Crippen molar-refractivity contribution in [3.05, 3.63) is 48.6 Å². The summed E-state index contributed by atoms with van der Waals surface area (Å²) in [6, 6.07) is 0. The molecule has 0 atom stereocenters. The van der Waals surface area contributed by atoms with E-state index in [1.54, 1.807) is 0 Å². The molecule has 0 aliphatic heterocycles. The molecular formula is C18H26O3. The molecule has 0 aromatic rings. The Kier molecular flexibility index (Phi) is 13.2. The van der Waals surface area contributed by atoms with Gasteiger partial charge in [0.25, 0.3) is 0 Å². The summed E-state index contributed by atoms with van der Waals surface area (Å²) in [7, 11) is 0. The van der Waals surface area contributed by atoms with E-state index in [1.165, 1.54) is 0 Å². The molecule has 3 nitrogen and oxygen atoms in total. The van der Waals surface area contributed by atoms with Crippen molar-refractivity contribution in [1.82, 2.24) is 0 Å². The number of Topliss-reactive ketones (excluding diaryl/α,β-unsaturated/α-hetero) is 1. The molecule has 0 heterocycles. The fourth-order valence-electron chi connectivity index (χ4n) is 1.60. The molecule has 0 aromatic carbocycles. The highest BCUT2D eigenvalue weighted by molar-refractivity contribution is 5.82. The van der Waals surface area contributed by atoms with Crippen LogP contribution in [0, 0.1) is 0 Å². The van der Waals surface area contributed by atoms with Crippen LogP contribution in [-0.4, -0.2) is 16.9 Å². The van der Waals surface area contributed by atoms with Crippen molar-refractivity contribution in [3.63, 3.8) is 0 Å². The van der Waals surface area contributed by atoms with Crippen LogP contribution in [0.25, 0.3) is 0 Å². The minimum absolute atomic E-state index is 0.0477. The van der Waals surface area contributed by atoms with Gasteiger partial charge in [-0.3, -0.25) is 9.59 Å². The first-order valence-electron chi connectivity index (χ1n) is 7.55. The quantitative estimate of drug-likeness (QED) is 0.421. The lowest BCUT2D eigenvalue weighted by atomic mass is 10.1. The van der Waals surface area contributed by atoms with Crippen LogP contribution in [-0.2, 0) is 9.59 Å². The average molecular weight is 290 g/mol. The number of aliphatic carboxylic acids is 1. The molecule has 0 fully saturated rings. The molecule has 0 bridgehead atoms. The Morgan fingerprint density at radius 1 is 0.810 bits per heavy atom. The van der Waals surface area contributed by atoms with E-state index >= 15 is 0 Å². The van der Waals surface area contributed by atoms with E-state index in [-0.39, 0.29) is 18.6 Å². The van der Waals surface area contributed by atoms with E-state index in [0.717, 1.165) is 25.7 Å². The Morgan fingerprint density at radius 2 is 1.43 bits per heavy atom. The van der Waals surface area contributed by atoms with Crippen molar-refractivity contribution in [1.29, 1.82) is 0 Å². The van der Waals surface area contributed by atoms with Gasteiger partial charge in [0.2, 0.25) is 0 Å². The monoisotopic (exact) mass is 290 g/mol.